The molecule has 0 radical (unpaired) electrons. The van der Waals surface area contributed by atoms with Crippen LogP contribution in [0.5, 0.6) is 0 Å². The van der Waals surface area contributed by atoms with Gasteiger partial charge in [0.15, 0.2) is 0 Å². The molecule has 0 saturated heterocycles. The zero-order valence-corrected chi connectivity index (χ0v) is 9.13. The van der Waals surface area contributed by atoms with E-state index in [0.717, 1.165) is 24.1 Å². The van der Waals surface area contributed by atoms with Gasteiger partial charge in [-0.1, -0.05) is 19.1 Å². The first-order chi connectivity index (χ1) is 6.74. The van der Waals surface area contributed by atoms with Gasteiger partial charge < -0.3 is 5.11 Å². The fraction of sp³-hybridized carbons (Fsp3) is 0.545. The van der Waals surface area contributed by atoms with Crippen LogP contribution in [0.2, 0.25) is 0 Å². The number of hydrogen-bond donors (Lipinski definition) is 1. The molecule has 3 heteroatoms. The van der Waals surface area contributed by atoms with E-state index in [1.54, 1.807) is 6.20 Å². The van der Waals surface area contributed by atoms with Crippen molar-refractivity contribution in [2.45, 2.75) is 31.8 Å². The Labute approximate surface area is 88.5 Å². The standard InChI is InChI=1S/C11H15NOS/c1-2-9-3-6-11(13,7-4-9)10-5-8-12-14-10/h3,5-6,8-9,13H,2,4,7H2,1H3. The Balaban J connectivity index is 2.20. The van der Waals surface area contributed by atoms with Gasteiger partial charge in [-0.05, 0) is 42.8 Å². The van der Waals surface area contributed by atoms with Gasteiger partial charge in [0.2, 0.25) is 0 Å². The van der Waals surface area contributed by atoms with Crippen molar-refractivity contribution in [3.8, 4) is 0 Å². The van der Waals surface area contributed by atoms with E-state index in [-0.39, 0.29) is 0 Å². The van der Waals surface area contributed by atoms with Crippen LogP contribution in [0.25, 0.3) is 0 Å². The van der Waals surface area contributed by atoms with Crippen LogP contribution in [0.4, 0.5) is 0 Å². The van der Waals surface area contributed by atoms with E-state index in [4.69, 9.17) is 0 Å². The molecule has 0 aliphatic heterocycles. The third-order valence-corrected chi connectivity index (χ3v) is 3.84. The van der Waals surface area contributed by atoms with Gasteiger partial charge in [-0.25, -0.2) is 4.37 Å². The van der Waals surface area contributed by atoms with Crippen LogP contribution in [0.3, 0.4) is 0 Å². The normalized spacial score (nSPS) is 32.0. The highest BCUT2D eigenvalue weighted by Crippen LogP contribution is 2.36. The van der Waals surface area contributed by atoms with Gasteiger partial charge in [-0.15, -0.1) is 0 Å². The van der Waals surface area contributed by atoms with Crippen LogP contribution in [-0.2, 0) is 5.60 Å². The monoisotopic (exact) mass is 209 g/mol. The number of aliphatic hydroxyl groups is 1. The van der Waals surface area contributed by atoms with E-state index in [1.807, 2.05) is 12.1 Å². The lowest BCUT2D eigenvalue weighted by Gasteiger charge is -2.29. The molecule has 2 unspecified atom stereocenters. The summed E-state index contributed by atoms with van der Waals surface area (Å²) in [4.78, 5) is 0.961. The summed E-state index contributed by atoms with van der Waals surface area (Å²) in [6.07, 6.45) is 8.89. The molecular weight excluding hydrogens is 194 g/mol. The average Bonchev–Trinajstić information content (AvgIpc) is 2.72. The number of hydrogen-bond acceptors (Lipinski definition) is 3. The fourth-order valence-electron chi connectivity index (χ4n) is 1.86. The molecule has 76 valence electrons. The number of allylic oxidation sites excluding steroid dienone is 1. The summed E-state index contributed by atoms with van der Waals surface area (Å²) in [5, 5.41) is 10.3. The van der Waals surface area contributed by atoms with Crippen molar-refractivity contribution in [2.75, 3.05) is 0 Å². The smallest absolute Gasteiger partial charge is 0.118 e. The van der Waals surface area contributed by atoms with Crippen LogP contribution < -0.4 is 0 Å². The highest BCUT2D eigenvalue weighted by Gasteiger charge is 2.31. The van der Waals surface area contributed by atoms with Crippen molar-refractivity contribution in [1.82, 2.24) is 4.37 Å². The predicted molar refractivity (Wildman–Crippen MR) is 58.2 cm³/mol. The maximum atomic E-state index is 10.3. The van der Waals surface area contributed by atoms with E-state index in [0.29, 0.717) is 5.92 Å². The van der Waals surface area contributed by atoms with E-state index in [2.05, 4.69) is 17.4 Å². The summed E-state index contributed by atoms with van der Waals surface area (Å²) < 4.78 is 4.03. The van der Waals surface area contributed by atoms with Gasteiger partial charge in [0.25, 0.3) is 0 Å². The highest BCUT2D eigenvalue weighted by molar-refractivity contribution is 7.05. The molecule has 14 heavy (non-hydrogen) atoms. The summed E-state index contributed by atoms with van der Waals surface area (Å²) in [6.45, 7) is 2.19. The van der Waals surface area contributed by atoms with Crippen LogP contribution >= 0.6 is 11.5 Å². The lowest BCUT2D eigenvalue weighted by molar-refractivity contribution is 0.0697. The molecule has 0 amide bonds. The molecule has 2 nitrogen and oxygen atoms in total. The van der Waals surface area contributed by atoms with Crippen molar-refractivity contribution in [3.63, 3.8) is 0 Å². The van der Waals surface area contributed by atoms with E-state index < -0.39 is 5.60 Å². The molecule has 1 aliphatic carbocycles. The molecule has 1 heterocycles. The topological polar surface area (TPSA) is 33.1 Å². The van der Waals surface area contributed by atoms with E-state index in [1.165, 1.54) is 11.5 Å². The van der Waals surface area contributed by atoms with Gasteiger partial charge in [0.05, 0.1) is 4.88 Å². The van der Waals surface area contributed by atoms with E-state index >= 15 is 0 Å². The Morgan fingerprint density at radius 1 is 1.71 bits per heavy atom. The number of aromatic nitrogens is 1. The Kier molecular flexibility index (Phi) is 2.70. The molecule has 0 spiro atoms. The maximum Gasteiger partial charge on any atom is 0.118 e. The van der Waals surface area contributed by atoms with Crippen molar-refractivity contribution in [1.29, 1.82) is 0 Å². The van der Waals surface area contributed by atoms with E-state index in [9.17, 15) is 5.11 Å². The first kappa shape index (κ1) is 9.87. The molecule has 1 aliphatic rings. The van der Waals surface area contributed by atoms with Gasteiger partial charge in [0, 0.05) is 6.20 Å². The minimum Gasteiger partial charge on any atom is -0.380 e. The Morgan fingerprint density at radius 3 is 3.07 bits per heavy atom. The Morgan fingerprint density at radius 2 is 2.57 bits per heavy atom. The van der Waals surface area contributed by atoms with Gasteiger partial charge >= 0.3 is 0 Å². The summed E-state index contributed by atoms with van der Waals surface area (Å²) >= 11 is 1.39. The molecule has 1 aromatic rings. The molecule has 1 N–H and O–H groups in total. The third kappa shape index (κ3) is 1.74. The highest BCUT2D eigenvalue weighted by atomic mass is 32.1. The van der Waals surface area contributed by atoms with Gasteiger partial charge in [-0.2, -0.15) is 0 Å². The third-order valence-electron chi connectivity index (χ3n) is 2.93. The Bertz CT molecular complexity index is 320. The summed E-state index contributed by atoms with van der Waals surface area (Å²) in [7, 11) is 0. The van der Waals surface area contributed by atoms with Crippen LogP contribution in [-0.4, -0.2) is 9.48 Å². The SMILES string of the molecule is CCC1C=CC(O)(c2ccns2)CC1. The zero-order valence-electron chi connectivity index (χ0n) is 8.31. The molecular formula is C11H15NOS. The molecule has 0 aromatic carbocycles. The average molecular weight is 209 g/mol. The summed E-state index contributed by atoms with van der Waals surface area (Å²) in [6, 6.07) is 1.90. The molecule has 2 rings (SSSR count). The number of nitrogens with zero attached hydrogens (tertiary/aromatic N) is 1. The lowest BCUT2D eigenvalue weighted by Crippen LogP contribution is -2.25. The maximum absolute atomic E-state index is 10.3. The zero-order chi connectivity index (χ0) is 10.0. The van der Waals surface area contributed by atoms with Crippen LogP contribution in [0.15, 0.2) is 24.4 Å². The second-order valence-corrected chi connectivity index (χ2v) is 4.70. The number of rotatable bonds is 2. The minimum atomic E-state index is -0.743. The molecule has 0 fully saturated rings. The molecule has 1 aromatic heterocycles. The van der Waals surface area contributed by atoms with Crippen molar-refractivity contribution < 1.29 is 5.11 Å². The molecule has 0 bridgehead atoms. The fourth-order valence-corrected chi connectivity index (χ4v) is 2.55. The second kappa shape index (κ2) is 3.83. The molecule has 2 atom stereocenters. The van der Waals surface area contributed by atoms with Crippen molar-refractivity contribution in [3.05, 3.63) is 29.3 Å². The van der Waals surface area contributed by atoms with Crippen molar-refractivity contribution >= 4 is 11.5 Å². The predicted octanol–water partition coefficient (Wildman–Crippen LogP) is 2.71. The largest absolute Gasteiger partial charge is 0.380 e. The molecule has 0 saturated carbocycles. The van der Waals surface area contributed by atoms with Gasteiger partial charge in [-0.3, -0.25) is 0 Å². The van der Waals surface area contributed by atoms with Crippen molar-refractivity contribution in [2.24, 2.45) is 5.92 Å². The summed E-state index contributed by atoms with van der Waals surface area (Å²) in [5.74, 6) is 0.642. The van der Waals surface area contributed by atoms with Crippen LogP contribution in [0.1, 0.15) is 31.1 Å². The first-order valence-electron chi connectivity index (χ1n) is 5.07. The quantitative estimate of drug-likeness (QED) is 0.760. The van der Waals surface area contributed by atoms with Gasteiger partial charge in [0.1, 0.15) is 5.60 Å². The lowest BCUT2D eigenvalue weighted by atomic mass is 9.83. The summed E-state index contributed by atoms with van der Waals surface area (Å²) in [5.41, 5.74) is -0.743. The van der Waals surface area contributed by atoms with Crippen LogP contribution in [0, 0.1) is 5.92 Å². The first-order valence-corrected chi connectivity index (χ1v) is 5.85. The second-order valence-electron chi connectivity index (χ2n) is 3.87. The minimum absolute atomic E-state index is 0.642. The Hall–Kier alpha value is -0.670.